The first-order chi connectivity index (χ1) is 13.0. The van der Waals surface area contributed by atoms with Crippen LogP contribution in [0.1, 0.15) is 12.8 Å². The van der Waals surface area contributed by atoms with E-state index in [0.717, 1.165) is 12.8 Å². The lowest BCUT2D eigenvalue weighted by atomic mass is 10.2. The van der Waals surface area contributed by atoms with Crippen molar-refractivity contribution in [2.75, 3.05) is 16.8 Å². The van der Waals surface area contributed by atoms with E-state index in [0.29, 0.717) is 32.0 Å². The number of anilines is 3. The van der Waals surface area contributed by atoms with Crippen LogP contribution in [0.5, 0.6) is 0 Å². The molecule has 2 heterocycles. The van der Waals surface area contributed by atoms with E-state index < -0.39 is 5.97 Å². The summed E-state index contributed by atoms with van der Waals surface area (Å²) in [6.45, 7) is -0.246. The Hall–Kier alpha value is -2.71. The van der Waals surface area contributed by atoms with Gasteiger partial charge in [0.2, 0.25) is 5.91 Å². The maximum atomic E-state index is 11.9. The Bertz CT molecular complexity index is 1020. The summed E-state index contributed by atoms with van der Waals surface area (Å²) in [4.78, 5) is 34.4. The molecule has 0 spiro atoms. The number of hydrogen-bond acceptors (Lipinski definition) is 6. The van der Waals surface area contributed by atoms with Gasteiger partial charge in [0.15, 0.2) is 5.13 Å². The van der Waals surface area contributed by atoms with E-state index >= 15 is 0 Å². The lowest BCUT2D eigenvalue weighted by Crippen LogP contribution is -2.25. The number of aromatic nitrogens is 2. The quantitative estimate of drug-likeness (QED) is 0.648. The minimum atomic E-state index is -0.978. The Morgan fingerprint density at radius 1 is 1.19 bits per heavy atom. The summed E-state index contributed by atoms with van der Waals surface area (Å²) in [6, 6.07) is 10.4. The maximum absolute atomic E-state index is 11.9. The van der Waals surface area contributed by atoms with Crippen molar-refractivity contribution < 1.29 is 14.7 Å². The number of carbonyl (C=O) groups is 2. The van der Waals surface area contributed by atoms with Gasteiger partial charge in [0.05, 0.1) is 0 Å². The molecule has 0 atom stereocenters. The van der Waals surface area contributed by atoms with Gasteiger partial charge in [-0.1, -0.05) is 22.9 Å². The van der Waals surface area contributed by atoms with Gasteiger partial charge >= 0.3 is 5.97 Å². The van der Waals surface area contributed by atoms with Crippen LogP contribution in [0.2, 0.25) is 5.02 Å². The van der Waals surface area contributed by atoms with Gasteiger partial charge in [0.25, 0.3) is 0 Å². The molecule has 9 heteroatoms. The van der Waals surface area contributed by atoms with Gasteiger partial charge in [-0.2, -0.15) is 0 Å². The smallest absolute Gasteiger partial charge is 0.323 e. The third kappa shape index (κ3) is 4.01. The van der Waals surface area contributed by atoms with Gasteiger partial charge in [0.1, 0.15) is 22.7 Å². The monoisotopic (exact) mass is 402 g/mol. The Kier molecular flexibility index (Phi) is 4.67. The van der Waals surface area contributed by atoms with Crippen LogP contribution in [-0.2, 0) is 9.59 Å². The minimum absolute atomic E-state index is 0.0112. The number of hydrogen-bond donors (Lipinski definition) is 2. The van der Waals surface area contributed by atoms with Crippen LogP contribution in [0, 0.1) is 5.92 Å². The largest absolute Gasteiger partial charge is 0.480 e. The Labute approximate surface area is 163 Å². The molecule has 3 aromatic rings. The predicted octanol–water partition coefficient (Wildman–Crippen LogP) is 3.92. The van der Waals surface area contributed by atoms with E-state index in [1.54, 1.807) is 41.3 Å². The van der Waals surface area contributed by atoms with Gasteiger partial charge < -0.3 is 15.3 Å². The molecule has 0 unspecified atom stereocenters. The second kappa shape index (κ2) is 7.13. The average Bonchev–Trinajstić information content (AvgIpc) is 3.41. The molecule has 0 radical (unpaired) electrons. The van der Waals surface area contributed by atoms with E-state index in [2.05, 4.69) is 15.3 Å². The number of carboxylic acid groups (broad SMARTS) is 1. The number of halogens is 1. The molecule has 2 aromatic heterocycles. The first-order valence-corrected chi connectivity index (χ1v) is 9.52. The van der Waals surface area contributed by atoms with E-state index in [1.165, 1.54) is 11.3 Å². The van der Waals surface area contributed by atoms with Crippen molar-refractivity contribution in [2.24, 2.45) is 5.92 Å². The minimum Gasteiger partial charge on any atom is -0.480 e. The summed E-state index contributed by atoms with van der Waals surface area (Å²) in [6.07, 6.45) is 1.84. The number of benzene rings is 1. The highest BCUT2D eigenvalue weighted by atomic mass is 35.5. The van der Waals surface area contributed by atoms with Crippen molar-refractivity contribution in [1.29, 1.82) is 0 Å². The van der Waals surface area contributed by atoms with E-state index in [9.17, 15) is 14.7 Å². The number of thiazole rings is 1. The van der Waals surface area contributed by atoms with Gasteiger partial charge in [-0.15, -0.1) is 0 Å². The number of rotatable bonds is 6. The summed E-state index contributed by atoms with van der Waals surface area (Å²) in [7, 11) is 0. The molecule has 7 nitrogen and oxygen atoms in total. The molecule has 0 aliphatic heterocycles. The number of nitrogens with zero attached hydrogens (tertiary/aromatic N) is 3. The van der Waals surface area contributed by atoms with Crippen LogP contribution < -0.4 is 10.2 Å². The topological polar surface area (TPSA) is 95.4 Å². The predicted molar refractivity (Wildman–Crippen MR) is 105 cm³/mol. The molecule has 27 heavy (non-hydrogen) atoms. The van der Waals surface area contributed by atoms with E-state index in [1.807, 2.05) is 0 Å². The summed E-state index contributed by atoms with van der Waals surface area (Å²) >= 11 is 7.20. The van der Waals surface area contributed by atoms with E-state index in [-0.39, 0.29) is 18.4 Å². The van der Waals surface area contributed by atoms with Gasteiger partial charge in [-0.05, 0) is 49.2 Å². The first kappa shape index (κ1) is 17.7. The SMILES string of the molecule is O=C(O)CN(c1ccc(Cl)cc1)c1ccc2nc(NC(=O)C3CC3)sc2n1. The van der Waals surface area contributed by atoms with Crippen LogP contribution in [0.3, 0.4) is 0 Å². The number of carbonyl (C=O) groups excluding carboxylic acids is 1. The maximum Gasteiger partial charge on any atom is 0.323 e. The van der Waals surface area contributed by atoms with Crippen molar-refractivity contribution >= 4 is 61.8 Å². The summed E-state index contributed by atoms with van der Waals surface area (Å²) in [5.41, 5.74) is 1.32. The Balaban J connectivity index is 1.65. The van der Waals surface area contributed by atoms with Crippen LogP contribution >= 0.6 is 22.9 Å². The number of amides is 1. The zero-order valence-electron chi connectivity index (χ0n) is 14.1. The number of nitrogens with one attached hydrogen (secondary N) is 1. The van der Waals surface area contributed by atoms with Crippen LogP contribution in [-0.4, -0.2) is 33.5 Å². The van der Waals surface area contributed by atoms with Crippen LogP contribution in [0.15, 0.2) is 36.4 Å². The van der Waals surface area contributed by atoms with Crippen LogP contribution in [0.4, 0.5) is 16.6 Å². The molecule has 1 aliphatic carbocycles. The number of pyridine rings is 1. The van der Waals surface area contributed by atoms with Gasteiger partial charge in [0, 0.05) is 16.6 Å². The van der Waals surface area contributed by atoms with Crippen molar-refractivity contribution in [3.8, 4) is 0 Å². The number of carboxylic acids is 1. The Morgan fingerprint density at radius 3 is 2.59 bits per heavy atom. The van der Waals surface area contributed by atoms with Crippen molar-refractivity contribution in [3.63, 3.8) is 0 Å². The molecule has 1 saturated carbocycles. The molecule has 0 saturated heterocycles. The molecule has 4 rings (SSSR count). The molecule has 0 bridgehead atoms. The van der Waals surface area contributed by atoms with Gasteiger partial charge in [-0.25, -0.2) is 9.97 Å². The molecule has 1 aliphatic rings. The third-order valence-electron chi connectivity index (χ3n) is 4.13. The zero-order valence-corrected chi connectivity index (χ0v) is 15.6. The molecular formula is C18H15ClN4O3S. The lowest BCUT2D eigenvalue weighted by molar-refractivity contribution is -0.135. The molecular weight excluding hydrogens is 388 g/mol. The molecule has 1 aromatic carbocycles. The first-order valence-electron chi connectivity index (χ1n) is 8.33. The van der Waals surface area contributed by atoms with Crippen molar-refractivity contribution in [1.82, 2.24) is 9.97 Å². The average molecular weight is 403 g/mol. The van der Waals surface area contributed by atoms with Gasteiger partial charge in [-0.3, -0.25) is 9.59 Å². The fraction of sp³-hybridized carbons (Fsp3) is 0.222. The summed E-state index contributed by atoms with van der Waals surface area (Å²) < 4.78 is 0. The summed E-state index contributed by atoms with van der Waals surface area (Å²) in [5.74, 6) is -0.413. The van der Waals surface area contributed by atoms with E-state index in [4.69, 9.17) is 11.6 Å². The molecule has 1 fully saturated rings. The second-order valence-electron chi connectivity index (χ2n) is 6.23. The fourth-order valence-corrected chi connectivity index (χ4v) is 3.59. The van der Waals surface area contributed by atoms with Crippen molar-refractivity contribution in [2.45, 2.75) is 12.8 Å². The molecule has 138 valence electrons. The lowest BCUT2D eigenvalue weighted by Gasteiger charge is -2.21. The summed E-state index contributed by atoms with van der Waals surface area (Å²) in [5, 5.41) is 13.2. The number of fused-ring (bicyclic) bond motifs is 1. The Morgan fingerprint density at radius 2 is 1.93 bits per heavy atom. The standard InChI is InChI=1S/C18H15ClN4O3S/c19-11-3-5-12(6-4-11)23(9-15(24)25)14-8-7-13-17(21-14)27-18(20-13)22-16(26)10-1-2-10/h3-8,10H,1-2,9H2,(H,24,25)(H,20,22,26). The molecule has 1 amide bonds. The zero-order chi connectivity index (χ0) is 19.0. The fourth-order valence-electron chi connectivity index (χ4n) is 2.62. The van der Waals surface area contributed by atoms with Crippen LogP contribution in [0.25, 0.3) is 10.3 Å². The highest BCUT2D eigenvalue weighted by Gasteiger charge is 2.30. The molecule has 2 N–H and O–H groups in total. The normalized spacial score (nSPS) is 13.5. The third-order valence-corrected chi connectivity index (χ3v) is 5.26. The second-order valence-corrected chi connectivity index (χ2v) is 7.65. The highest BCUT2D eigenvalue weighted by molar-refractivity contribution is 7.22. The van der Waals surface area contributed by atoms with Crippen molar-refractivity contribution in [3.05, 3.63) is 41.4 Å². The highest BCUT2D eigenvalue weighted by Crippen LogP contribution is 2.33. The number of aliphatic carboxylic acids is 1.